The number of halogens is 2. The van der Waals surface area contributed by atoms with Gasteiger partial charge in [0, 0.05) is 29.1 Å². The molecular weight excluding hydrogens is 376 g/mol. The molecule has 3 aromatic rings. The van der Waals surface area contributed by atoms with Crippen molar-refractivity contribution in [1.29, 1.82) is 0 Å². The summed E-state index contributed by atoms with van der Waals surface area (Å²) in [4.78, 5) is 19.4. The van der Waals surface area contributed by atoms with Crippen molar-refractivity contribution in [1.82, 2.24) is 9.88 Å². The van der Waals surface area contributed by atoms with E-state index >= 15 is 0 Å². The number of nitrogens with two attached hydrogens (primary N) is 1. The second kappa shape index (κ2) is 6.40. The SMILES string of the molecule is COc1cc(F)c(-c2cccc3c(N)c4c(nc23)CN(C2CCC2)C4=O)c(F)c1. The van der Waals surface area contributed by atoms with Crippen molar-refractivity contribution in [2.45, 2.75) is 31.8 Å². The van der Waals surface area contributed by atoms with E-state index in [0.717, 1.165) is 31.4 Å². The number of benzene rings is 2. The van der Waals surface area contributed by atoms with Crippen LogP contribution in [0.15, 0.2) is 30.3 Å². The Hall–Kier alpha value is -3.22. The average Bonchev–Trinajstić information content (AvgIpc) is 2.96. The Balaban J connectivity index is 1.71. The number of hydrogen-bond acceptors (Lipinski definition) is 4. The summed E-state index contributed by atoms with van der Waals surface area (Å²) < 4.78 is 34.4. The van der Waals surface area contributed by atoms with Gasteiger partial charge in [-0.05, 0) is 19.3 Å². The molecule has 1 saturated carbocycles. The van der Waals surface area contributed by atoms with Crippen LogP contribution >= 0.6 is 0 Å². The van der Waals surface area contributed by atoms with Crippen LogP contribution in [0.2, 0.25) is 0 Å². The minimum absolute atomic E-state index is 0.0964. The zero-order valence-corrected chi connectivity index (χ0v) is 15.8. The number of pyridine rings is 1. The lowest BCUT2D eigenvalue weighted by Crippen LogP contribution is -2.40. The maximum atomic E-state index is 14.7. The lowest BCUT2D eigenvalue weighted by Gasteiger charge is -2.34. The summed E-state index contributed by atoms with van der Waals surface area (Å²) in [5.41, 5.74) is 8.14. The van der Waals surface area contributed by atoms with E-state index in [1.54, 1.807) is 18.2 Å². The van der Waals surface area contributed by atoms with Crippen LogP contribution in [0.25, 0.3) is 22.0 Å². The van der Waals surface area contributed by atoms with Crippen LogP contribution in [0.3, 0.4) is 0 Å². The highest BCUT2D eigenvalue weighted by Gasteiger charge is 2.38. The van der Waals surface area contributed by atoms with Gasteiger partial charge in [-0.2, -0.15) is 0 Å². The van der Waals surface area contributed by atoms with Gasteiger partial charge in [-0.1, -0.05) is 18.2 Å². The molecule has 0 atom stereocenters. The molecule has 1 aliphatic heterocycles. The quantitative estimate of drug-likeness (QED) is 0.719. The number of hydrogen-bond donors (Lipinski definition) is 1. The third-order valence-corrected chi connectivity index (χ3v) is 5.96. The molecule has 148 valence electrons. The zero-order chi connectivity index (χ0) is 20.3. The maximum Gasteiger partial charge on any atom is 0.258 e. The fourth-order valence-corrected chi connectivity index (χ4v) is 4.21. The van der Waals surface area contributed by atoms with Gasteiger partial charge in [0.25, 0.3) is 5.91 Å². The Labute approximate surface area is 166 Å². The molecule has 0 radical (unpaired) electrons. The molecule has 0 bridgehead atoms. The number of methoxy groups -OCH3 is 1. The Morgan fingerprint density at radius 3 is 2.52 bits per heavy atom. The van der Waals surface area contributed by atoms with Gasteiger partial charge in [0.15, 0.2) is 0 Å². The topological polar surface area (TPSA) is 68.5 Å². The molecule has 7 heteroatoms. The molecule has 0 saturated heterocycles. The molecule has 5 nitrogen and oxygen atoms in total. The van der Waals surface area contributed by atoms with E-state index in [1.165, 1.54) is 7.11 Å². The van der Waals surface area contributed by atoms with Crippen LogP contribution in [0.1, 0.15) is 35.3 Å². The number of fused-ring (bicyclic) bond motifs is 2. The minimum Gasteiger partial charge on any atom is -0.497 e. The number of aromatic nitrogens is 1. The van der Waals surface area contributed by atoms with Crippen LogP contribution in [0.5, 0.6) is 5.75 Å². The van der Waals surface area contributed by atoms with E-state index < -0.39 is 11.6 Å². The molecule has 1 aliphatic carbocycles. The second-order valence-electron chi connectivity index (χ2n) is 7.53. The average molecular weight is 395 g/mol. The van der Waals surface area contributed by atoms with Crippen molar-refractivity contribution in [3.63, 3.8) is 0 Å². The first-order chi connectivity index (χ1) is 14.0. The lowest BCUT2D eigenvalue weighted by molar-refractivity contribution is 0.0606. The highest BCUT2D eigenvalue weighted by atomic mass is 19.1. The third kappa shape index (κ3) is 2.57. The van der Waals surface area contributed by atoms with Gasteiger partial charge in [-0.25, -0.2) is 13.8 Å². The Bertz CT molecular complexity index is 1150. The highest BCUT2D eigenvalue weighted by Crippen LogP contribution is 2.40. The first-order valence-corrected chi connectivity index (χ1v) is 9.55. The maximum absolute atomic E-state index is 14.7. The first kappa shape index (κ1) is 17.8. The normalized spacial score (nSPS) is 16.2. The largest absolute Gasteiger partial charge is 0.497 e. The zero-order valence-electron chi connectivity index (χ0n) is 15.8. The van der Waals surface area contributed by atoms with E-state index in [4.69, 9.17) is 10.5 Å². The fraction of sp³-hybridized carbons (Fsp3) is 0.273. The Morgan fingerprint density at radius 2 is 1.90 bits per heavy atom. The van der Waals surface area contributed by atoms with E-state index in [2.05, 4.69) is 4.98 Å². The second-order valence-corrected chi connectivity index (χ2v) is 7.53. The molecule has 0 unspecified atom stereocenters. The lowest BCUT2D eigenvalue weighted by atomic mass is 9.92. The Kier molecular flexibility index (Phi) is 3.94. The fourth-order valence-electron chi connectivity index (χ4n) is 4.21. The molecule has 2 N–H and O–H groups in total. The standard InChI is InChI=1S/C22H19F2N3O2/c1-29-12-8-15(23)18(16(24)9-12)13-6-3-7-14-20(25)19-17(26-21(13)14)10-27(22(19)28)11-4-2-5-11/h3,6-9,11H,2,4-5,10H2,1H3,(H2,25,26). The number of nitrogen functional groups attached to an aromatic ring is 1. The number of amides is 1. The van der Waals surface area contributed by atoms with Crippen molar-refractivity contribution in [2.75, 3.05) is 12.8 Å². The van der Waals surface area contributed by atoms with Crippen molar-refractivity contribution in [3.05, 3.63) is 53.2 Å². The molecule has 2 aromatic carbocycles. The number of carbonyl (C=O) groups is 1. The summed E-state index contributed by atoms with van der Waals surface area (Å²) in [5, 5.41) is 0.514. The number of nitrogens with zero attached hydrogens (tertiary/aromatic N) is 2. The van der Waals surface area contributed by atoms with Crippen LogP contribution < -0.4 is 10.5 Å². The van der Waals surface area contributed by atoms with Gasteiger partial charge in [-0.3, -0.25) is 4.79 Å². The van der Waals surface area contributed by atoms with E-state index in [0.29, 0.717) is 40.0 Å². The highest BCUT2D eigenvalue weighted by molar-refractivity contribution is 6.11. The minimum atomic E-state index is -0.748. The Morgan fingerprint density at radius 1 is 1.17 bits per heavy atom. The van der Waals surface area contributed by atoms with Gasteiger partial charge in [0.05, 0.1) is 41.7 Å². The van der Waals surface area contributed by atoms with E-state index in [-0.39, 0.29) is 23.3 Å². The number of anilines is 1. The number of carbonyl (C=O) groups excluding carboxylic acids is 1. The molecule has 29 heavy (non-hydrogen) atoms. The molecule has 2 heterocycles. The van der Waals surface area contributed by atoms with Gasteiger partial charge < -0.3 is 15.4 Å². The van der Waals surface area contributed by atoms with Crippen LogP contribution in [0.4, 0.5) is 14.5 Å². The van der Waals surface area contributed by atoms with E-state index in [9.17, 15) is 13.6 Å². The summed E-state index contributed by atoms with van der Waals surface area (Å²) in [6.07, 6.45) is 3.06. The van der Waals surface area contributed by atoms with Crippen LogP contribution in [-0.4, -0.2) is 28.9 Å². The number of ether oxygens (including phenoxy) is 1. The van der Waals surface area contributed by atoms with Gasteiger partial charge >= 0.3 is 0 Å². The molecular formula is C22H19F2N3O2. The van der Waals surface area contributed by atoms with Crippen molar-refractivity contribution in [2.24, 2.45) is 0 Å². The van der Waals surface area contributed by atoms with Crippen LogP contribution in [0, 0.1) is 11.6 Å². The smallest absolute Gasteiger partial charge is 0.258 e. The summed E-state index contributed by atoms with van der Waals surface area (Å²) in [6, 6.07) is 7.48. The van der Waals surface area contributed by atoms with Gasteiger partial charge in [0.1, 0.15) is 17.4 Å². The van der Waals surface area contributed by atoms with Crippen molar-refractivity contribution >= 4 is 22.5 Å². The molecule has 1 amide bonds. The van der Waals surface area contributed by atoms with Crippen molar-refractivity contribution in [3.8, 4) is 16.9 Å². The predicted molar refractivity (Wildman–Crippen MR) is 106 cm³/mol. The summed E-state index contributed by atoms with van der Waals surface area (Å²) >= 11 is 0. The molecule has 1 aromatic heterocycles. The molecule has 2 aliphatic rings. The number of rotatable bonds is 3. The summed E-state index contributed by atoms with van der Waals surface area (Å²) in [5.74, 6) is -1.51. The van der Waals surface area contributed by atoms with E-state index in [1.807, 2.05) is 4.90 Å². The van der Waals surface area contributed by atoms with Gasteiger partial charge in [0.2, 0.25) is 0 Å². The van der Waals surface area contributed by atoms with Crippen molar-refractivity contribution < 1.29 is 18.3 Å². The summed E-state index contributed by atoms with van der Waals surface area (Å²) in [7, 11) is 1.35. The molecule has 0 spiro atoms. The molecule has 5 rings (SSSR count). The molecule has 1 fully saturated rings. The van der Waals surface area contributed by atoms with Gasteiger partial charge in [-0.15, -0.1) is 0 Å². The predicted octanol–water partition coefficient (Wildman–Crippen LogP) is 4.28. The monoisotopic (exact) mass is 395 g/mol. The van der Waals surface area contributed by atoms with Crippen LogP contribution in [-0.2, 0) is 6.54 Å². The first-order valence-electron chi connectivity index (χ1n) is 9.55. The summed E-state index contributed by atoms with van der Waals surface area (Å²) in [6.45, 7) is 0.376. The number of para-hydroxylation sites is 1. The third-order valence-electron chi connectivity index (χ3n) is 5.96.